The number of hydrogen-bond acceptors (Lipinski definition) is 8. The fourth-order valence-corrected chi connectivity index (χ4v) is 4.15. The summed E-state index contributed by atoms with van der Waals surface area (Å²) >= 11 is 0. The first kappa shape index (κ1) is 26.1. The van der Waals surface area contributed by atoms with E-state index in [1.807, 2.05) is 44.2 Å². The number of anilines is 1. The zero-order valence-corrected chi connectivity index (χ0v) is 20.0. The molecule has 1 radical (unpaired) electrons. The fourth-order valence-electron chi connectivity index (χ4n) is 4.15. The predicted molar refractivity (Wildman–Crippen MR) is 130 cm³/mol. The Balaban J connectivity index is 1.83. The van der Waals surface area contributed by atoms with Gasteiger partial charge in [-0.15, -0.1) is 0 Å². The molecule has 11 heteroatoms. The van der Waals surface area contributed by atoms with Crippen LogP contribution < -0.4 is 10.6 Å². The molecule has 2 heterocycles. The van der Waals surface area contributed by atoms with Gasteiger partial charge < -0.3 is 25.2 Å². The highest BCUT2D eigenvalue weighted by molar-refractivity contribution is 6.21. The molecular formula is C24H31BN5O5. The summed E-state index contributed by atoms with van der Waals surface area (Å²) in [5.74, 6) is -1.02. The van der Waals surface area contributed by atoms with Gasteiger partial charge in [-0.05, 0) is 24.3 Å². The Hall–Kier alpha value is -3.47. The third-order valence-electron chi connectivity index (χ3n) is 6.24. The molecule has 10 nitrogen and oxygen atoms in total. The summed E-state index contributed by atoms with van der Waals surface area (Å²) in [5, 5.41) is 14.9. The highest BCUT2D eigenvalue weighted by atomic mass is 16.6. The number of aromatic nitrogens is 2. The Morgan fingerprint density at radius 2 is 2.03 bits per heavy atom. The molecule has 2 aromatic rings. The van der Waals surface area contributed by atoms with E-state index in [0.29, 0.717) is 32.9 Å². The van der Waals surface area contributed by atoms with Gasteiger partial charge in [-0.2, -0.15) is 0 Å². The van der Waals surface area contributed by atoms with E-state index in [0.717, 1.165) is 12.0 Å². The highest BCUT2D eigenvalue weighted by Gasteiger charge is 2.39. The van der Waals surface area contributed by atoms with Crippen LogP contribution in [0.2, 0.25) is 0 Å². The van der Waals surface area contributed by atoms with Gasteiger partial charge >= 0.3 is 13.7 Å². The van der Waals surface area contributed by atoms with Crippen molar-refractivity contribution in [2.45, 2.75) is 57.7 Å². The molecule has 0 spiro atoms. The quantitative estimate of drug-likeness (QED) is 0.407. The molecule has 185 valence electrons. The van der Waals surface area contributed by atoms with E-state index in [4.69, 9.17) is 5.02 Å². The van der Waals surface area contributed by atoms with Gasteiger partial charge in [0.2, 0.25) is 11.8 Å². The summed E-state index contributed by atoms with van der Waals surface area (Å²) in [6.07, 6.45) is 6.64. The monoisotopic (exact) mass is 480 g/mol. The summed E-state index contributed by atoms with van der Waals surface area (Å²) in [7, 11) is 0.321. The first-order valence-electron chi connectivity index (χ1n) is 11.8. The minimum Gasteiger partial charge on any atom is -0.509 e. The van der Waals surface area contributed by atoms with Gasteiger partial charge in [-0.3, -0.25) is 19.4 Å². The lowest BCUT2D eigenvalue weighted by Gasteiger charge is -2.30. The first-order valence-corrected chi connectivity index (χ1v) is 11.8. The van der Waals surface area contributed by atoms with Gasteiger partial charge in [0, 0.05) is 25.4 Å². The topological polar surface area (TPSA) is 134 Å². The lowest BCUT2D eigenvalue weighted by Crippen LogP contribution is -2.56. The molecule has 0 saturated carbocycles. The molecule has 35 heavy (non-hydrogen) atoms. The molecule has 0 aliphatic carbocycles. The average molecular weight is 480 g/mol. The molecule has 0 bridgehead atoms. The van der Waals surface area contributed by atoms with Crippen molar-refractivity contribution in [2.24, 2.45) is 5.92 Å². The Kier molecular flexibility index (Phi) is 9.60. The van der Waals surface area contributed by atoms with E-state index in [-0.39, 0.29) is 24.2 Å². The lowest BCUT2D eigenvalue weighted by atomic mass is 9.97. The van der Waals surface area contributed by atoms with Gasteiger partial charge in [0.05, 0.1) is 6.20 Å². The molecule has 1 saturated heterocycles. The third kappa shape index (κ3) is 7.01. The maximum atomic E-state index is 13.6. The second kappa shape index (κ2) is 12.8. The Morgan fingerprint density at radius 1 is 1.26 bits per heavy atom. The van der Waals surface area contributed by atoms with Crippen LogP contribution in [0.25, 0.3) is 0 Å². The molecule has 0 unspecified atom stereocenters. The Morgan fingerprint density at radius 3 is 2.69 bits per heavy atom. The number of nitrogens with one attached hydrogen (secondary N) is 2. The van der Waals surface area contributed by atoms with Crippen LogP contribution in [0.15, 0.2) is 48.9 Å². The molecule has 1 aromatic carbocycles. The van der Waals surface area contributed by atoms with E-state index in [2.05, 4.69) is 25.3 Å². The first-order chi connectivity index (χ1) is 16.9. The van der Waals surface area contributed by atoms with Crippen LogP contribution in [0.4, 0.5) is 5.82 Å². The molecule has 2 amide bonds. The van der Waals surface area contributed by atoms with Crippen molar-refractivity contribution in [3.63, 3.8) is 0 Å². The highest BCUT2D eigenvalue weighted by Crippen LogP contribution is 2.21. The van der Waals surface area contributed by atoms with Crippen molar-refractivity contribution in [2.75, 3.05) is 11.9 Å². The van der Waals surface area contributed by atoms with Crippen LogP contribution in [0.1, 0.15) is 38.7 Å². The van der Waals surface area contributed by atoms with Crippen molar-refractivity contribution in [3.8, 4) is 0 Å². The number of carbonyl (C=O) groups is 3. The summed E-state index contributed by atoms with van der Waals surface area (Å²) in [5.41, 5.74) is 0.871. The molecular weight excluding hydrogens is 449 g/mol. The fraction of sp³-hybridized carbons (Fsp3) is 0.458. The largest absolute Gasteiger partial charge is 0.571 e. The molecule has 1 fully saturated rings. The van der Waals surface area contributed by atoms with E-state index in [9.17, 15) is 14.4 Å². The van der Waals surface area contributed by atoms with E-state index in [1.54, 1.807) is 6.20 Å². The molecule has 3 N–H and O–H groups in total. The Bertz CT molecular complexity index is 981. The summed E-state index contributed by atoms with van der Waals surface area (Å²) < 4.78 is 4.62. The molecule has 1 aliphatic heterocycles. The van der Waals surface area contributed by atoms with Crippen LogP contribution in [-0.4, -0.2) is 70.0 Å². The molecule has 1 aromatic heterocycles. The van der Waals surface area contributed by atoms with Crippen LogP contribution >= 0.6 is 0 Å². The third-order valence-corrected chi connectivity index (χ3v) is 6.24. The molecule has 1 aliphatic rings. The second-order valence-corrected chi connectivity index (χ2v) is 8.58. The molecule has 3 rings (SSSR count). The zero-order valence-electron chi connectivity index (χ0n) is 20.0. The number of amides is 2. The number of carbonyl (C=O) groups excluding carboxylic acids is 3. The SMILES string of the molecule is CC[C@H](C)[C@H](Nc1cnccn1)C(=O)N[C@@H](Cc1ccccc1)C(=O)N1CCC[C@H]1C(=O)O[B]O. The number of rotatable bonds is 11. The van der Waals surface area contributed by atoms with Crippen LogP contribution in [0, 0.1) is 5.92 Å². The van der Waals surface area contributed by atoms with Crippen LogP contribution in [0.3, 0.4) is 0 Å². The van der Waals surface area contributed by atoms with Gasteiger partial charge in [0.25, 0.3) is 0 Å². The Labute approximate surface area is 205 Å². The van der Waals surface area contributed by atoms with Gasteiger partial charge in [0.15, 0.2) is 0 Å². The van der Waals surface area contributed by atoms with Crippen molar-refractivity contribution < 1.29 is 24.1 Å². The zero-order chi connectivity index (χ0) is 25.2. The van der Waals surface area contributed by atoms with Crippen molar-refractivity contribution in [1.82, 2.24) is 20.2 Å². The maximum absolute atomic E-state index is 13.6. The van der Waals surface area contributed by atoms with Gasteiger partial charge in [-0.1, -0.05) is 50.6 Å². The number of hydrogen-bond donors (Lipinski definition) is 3. The standard InChI is InChI=1S/C24H31BN5O5/c1-3-16(2)21(29-20-15-26-11-12-27-20)22(31)28-18(14-17-8-5-4-6-9-17)23(32)30-13-7-10-19(30)24(33)35-25-34/h4-6,8-9,11-12,15-16,18-19,21,34H,3,7,10,13-14H2,1-2H3,(H,27,29)(H,28,31)/t16-,18-,19-,21-/m0/s1. The minimum atomic E-state index is -0.897. The number of likely N-dealkylation sites (tertiary alicyclic amines) is 1. The second-order valence-electron chi connectivity index (χ2n) is 8.58. The van der Waals surface area contributed by atoms with Gasteiger partial charge in [0.1, 0.15) is 23.9 Å². The van der Waals surface area contributed by atoms with Crippen LogP contribution in [-0.2, 0) is 25.5 Å². The minimum absolute atomic E-state index is 0.0564. The van der Waals surface area contributed by atoms with Gasteiger partial charge in [-0.25, -0.2) is 4.98 Å². The smallest absolute Gasteiger partial charge is 0.509 e. The van der Waals surface area contributed by atoms with Crippen molar-refractivity contribution >= 4 is 31.3 Å². The summed E-state index contributed by atoms with van der Waals surface area (Å²) in [4.78, 5) is 49.0. The number of nitrogens with zero attached hydrogens (tertiary/aromatic N) is 3. The summed E-state index contributed by atoms with van der Waals surface area (Å²) in [6, 6.07) is 7.01. The average Bonchev–Trinajstić information content (AvgIpc) is 3.37. The van der Waals surface area contributed by atoms with E-state index < -0.39 is 24.1 Å². The van der Waals surface area contributed by atoms with E-state index in [1.165, 1.54) is 17.3 Å². The normalized spacial score (nSPS) is 17.7. The van der Waals surface area contributed by atoms with Crippen molar-refractivity contribution in [1.29, 1.82) is 0 Å². The lowest BCUT2D eigenvalue weighted by molar-refractivity contribution is -0.148. The van der Waals surface area contributed by atoms with E-state index >= 15 is 0 Å². The maximum Gasteiger partial charge on any atom is 0.571 e. The van der Waals surface area contributed by atoms with Crippen LogP contribution in [0.5, 0.6) is 0 Å². The van der Waals surface area contributed by atoms with Crippen molar-refractivity contribution in [3.05, 3.63) is 54.5 Å². The molecule has 4 atom stereocenters. The predicted octanol–water partition coefficient (Wildman–Crippen LogP) is 1.09. The summed E-state index contributed by atoms with van der Waals surface area (Å²) in [6.45, 7) is 4.28. The number of benzene rings is 1.